The molecule has 11 rings (SSSR count). The van der Waals surface area contributed by atoms with Crippen LogP contribution in [0.3, 0.4) is 0 Å². The maximum Gasteiger partial charge on any atom is 0.268 e. The molecule has 0 atom stereocenters. The van der Waals surface area contributed by atoms with Gasteiger partial charge in [0.05, 0.1) is 27.7 Å². The second-order valence-electron chi connectivity index (χ2n) is 12.8. The Morgan fingerprint density at radius 3 is 2.18 bits per heavy atom. The number of hydrogen-bond acceptors (Lipinski definition) is 2. The van der Waals surface area contributed by atoms with Crippen molar-refractivity contribution in [2.24, 2.45) is 0 Å². The number of aromatic nitrogens is 4. The van der Waals surface area contributed by atoms with Gasteiger partial charge >= 0.3 is 0 Å². The summed E-state index contributed by atoms with van der Waals surface area (Å²) in [5.41, 5.74) is 4.51. The fraction of sp³-hybridized carbons (Fsp3) is 0.0204. The maximum absolute atomic E-state index is 9.30. The van der Waals surface area contributed by atoms with Crippen LogP contribution in [0.5, 0.6) is 11.5 Å². The molecule has 1 aliphatic rings. The topological polar surface area (TPSA) is 35.9 Å². The number of fused-ring (bicyclic) bond motifs is 10. The summed E-state index contributed by atoms with van der Waals surface area (Å²) in [5.74, 6) is 1.09. The molecule has 10 aromatic rings. The maximum atomic E-state index is 9.30. The third-order valence-corrected chi connectivity index (χ3v) is 9.73. The number of ether oxygens (including phenoxy) is 1. The Hall–Kier alpha value is -6.55. The van der Waals surface area contributed by atoms with E-state index in [0.29, 0.717) is 56.4 Å². The van der Waals surface area contributed by atoms with Gasteiger partial charge in [0.25, 0.3) is 6.33 Å². The van der Waals surface area contributed by atoms with Crippen LogP contribution in [0.4, 0.5) is 0 Å². The minimum Gasteiger partial charge on any atom is -0.510 e. The van der Waals surface area contributed by atoms with Gasteiger partial charge in [-0.3, -0.25) is 4.57 Å². The zero-order chi connectivity index (χ0) is 45.2. The third-order valence-electron chi connectivity index (χ3n) is 9.73. The summed E-state index contributed by atoms with van der Waals surface area (Å²) in [7, 11) is 0. The van der Waals surface area contributed by atoms with E-state index in [1.54, 1.807) is 69.8 Å². The van der Waals surface area contributed by atoms with Crippen LogP contribution < -0.4 is 9.30 Å². The smallest absolute Gasteiger partial charge is 0.268 e. The summed E-state index contributed by atoms with van der Waals surface area (Å²) in [6.45, 7) is -2.34. The summed E-state index contributed by atoms with van der Waals surface area (Å²) in [6, 6.07) is 35.4. The first-order valence-corrected chi connectivity index (χ1v) is 17.2. The minimum atomic E-state index is -2.34. The Kier molecular flexibility index (Phi) is 5.54. The van der Waals surface area contributed by atoms with Crippen molar-refractivity contribution in [1.29, 1.82) is 0 Å². The monoisotopic (exact) mass is 896 g/mol. The van der Waals surface area contributed by atoms with Crippen molar-refractivity contribution < 1.29 is 45.4 Å². The zero-order valence-corrected chi connectivity index (χ0v) is 30.8. The first-order valence-electron chi connectivity index (χ1n) is 22.7. The van der Waals surface area contributed by atoms with Crippen molar-refractivity contribution in [3.8, 4) is 62.1 Å². The molecule has 0 bridgehead atoms. The fourth-order valence-electron chi connectivity index (χ4n) is 7.45. The number of benzene rings is 7. The van der Waals surface area contributed by atoms with Gasteiger partial charge in [0.1, 0.15) is 5.82 Å². The van der Waals surface area contributed by atoms with E-state index in [0.717, 1.165) is 16.3 Å². The molecular formula is C49H30N4OPt-2. The van der Waals surface area contributed by atoms with Gasteiger partial charge in [-0.2, -0.15) is 18.2 Å². The number of nitrogens with zero attached hydrogens (tertiary/aromatic N) is 4. The zero-order valence-electron chi connectivity index (χ0n) is 39.5. The molecule has 55 heavy (non-hydrogen) atoms. The molecule has 3 aromatic heterocycles. The number of aryl methyl sites for hydroxylation is 1. The van der Waals surface area contributed by atoms with Crippen LogP contribution in [0.1, 0.15) is 20.6 Å². The number of hydrogen-bond donors (Lipinski definition) is 0. The summed E-state index contributed by atoms with van der Waals surface area (Å²) >= 11 is 0. The second kappa shape index (κ2) is 13.1. The van der Waals surface area contributed by atoms with Crippen LogP contribution in [-0.4, -0.2) is 14.1 Å². The molecule has 0 spiro atoms. The van der Waals surface area contributed by atoms with Crippen molar-refractivity contribution in [3.63, 3.8) is 0 Å². The van der Waals surface area contributed by atoms with Crippen LogP contribution >= 0.6 is 0 Å². The largest absolute Gasteiger partial charge is 0.510 e. The Balaban J connectivity index is 0.00000511. The molecule has 0 N–H and O–H groups in total. The molecule has 6 heteroatoms. The fourth-order valence-corrected chi connectivity index (χ4v) is 7.45. The van der Waals surface area contributed by atoms with E-state index >= 15 is 0 Å². The van der Waals surface area contributed by atoms with E-state index in [4.69, 9.17) is 14.3 Å². The first-order chi connectivity index (χ1) is 31.2. The number of pyridine rings is 1. The van der Waals surface area contributed by atoms with Gasteiger partial charge in [-0.05, 0) is 81.1 Å². The molecule has 0 unspecified atom stereocenters. The van der Waals surface area contributed by atoms with E-state index in [2.05, 4.69) is 23.4 Å². The van der Waals surface area contributed by atoms with E-state index < -0.39 is 43.1 Å². The number of imidazole rings is 1. The van der Waals surface area contributed by atoms with Gasteiger partial charge in [0, 0.05) is 48.4 Å². The number of para-hydroxylation sites is 3. The molecule has 0 aliphatic carbocycles. The van der Waals surface area contributed by atoms with Crippen molar-refractivity contribution in [2.75, 3.05) is 0 Å². The van der Waals surface area contributed by atoms with Crippen LogP contribution in [0.2, 0.25) is 0 Å². The Morgan fingerprint density at radius 2 is 1.35 bits per heavy atom. The van der Waals surface area contributed by atoms with Gasteiger partial charge < -0.3 is 13.9 Å². The van der Waals surface area contributed by atoms with Crippen molar-refractivity contribution in [2.45, 2.75) is 6.85 Å². The third kappa shape index (κ3) is 5.26. The average molecular weight is 897 g/mol. The van der Waals surface area contributed by atoms with E-state index in [-0.39, 0.29) is 61.0 Å². The van der Waals surface area contributed by atoms with Gasteiger partial charge in [-0.25, -0.2) is 4.98 Å². The van der Waals surface area contributed by atoms with E-state index in [1.807, 2.05) is 47.0 Å². The summed E-state index contributed by atoms with van der Waals surface area (Å²) in [5, 5.41) is 1.78. The molecule has 0 fully saturated rings. The van der Waals surface area contributed by atoms with Crippen LogP contribution in [0, 0.1) is 25.3 Å². The molecule has 0 saturated carbocycles. The summed E-state index contributed by atoms with van der Waals surface area (Å²) in [6.07, 6.45) is 4.94. The summed E-state index contributed by atoms with van der Waals surface area (Å²) in [4.78, 5) is 4.55. The molecule has 0 radical (unpaired) electrons. The quantitative estimate of drug-likeness (QED) is 0.130. The van der Waals surface area contributed by atoms with Gasteiger partial charge in [0.15, 0.2) is 0 Å². The molecule has 7 aromatic carbocycles. The molecule has 0 saturated heterocycles. The van der Waals surface area contributed by atoms with Gasteiger partial charge in [-0.15, -0.1) is 29.7 Å². The van der Waals surface area contributed by atoms with Crippen molar-refractivity contribution in [3.05, 3.63) is 188 Å². The SMILES string of the molecule is [2H]c1c([2H])c([2H])c2c(c1[2H])-c1ccccc1-[n+]1[c-]n(-c3[c-]c(Oc4[c-]c5c(cc4)c4ccccc4n5-c4cc(C([2H])([2H])[2H])ccn4)ccc3)c3cccc(c31)-c1c([2H])c([2H])c([2H])c([2H])c1-2.[Pt]. The van der Waals surface area contributed by atoms with Crippen molar-refractivity contribution >= 4 is 32.8 Å². The molecule has 4 heterocycles. The van der Waals surface area contributed by atoms with Crippen molar-refractivity contribution in [1.82, 2.24) is 14.1 Å². The Morgan fingerprint density at radius 1 is 0.655 bits per heavy atom. The standard InChI is InChI=1S/C49H30N4O.Pt/c1-32-26-27-50-48(28-32)53-45-22-9-7-19-41(45)42-25-24-35(30-47(42)53)54-34-13-10-12-33(29-34)51-31-52-44-21-8-6-18-40(44)38-16-4-2-14-36(38)37-15-3-5-17-39(37)43-20-11-23-46(51)49(43)52;/h2-28H,1H3;/q-2;/i1D3,2D,3D,4D,5D,14D,15D,16D,17D;. The predicted octanol–water partition coefficient (Wildman–Crippen LogP) is 11.2. The van der Waals surface area contributed by atoms with Crippen LogP contribution in [0.15, 0.2) is 164 Å². The second-order valence-corrected chi connectivity index (χ2v) is 12.8. The first kappa shape index (κ1) is 23.3. The Labute approximate surface area is 348 Å². The molecular weight excluding hydrogens is 856 g/mol. The minimum absolute atomic E-state index is 0. The predicted molar refractivity (Wildman–Crippen MR) is 215 cm³/mol. The molecule has 0 amide bonds. The summed E-state index contributed by atoms with van der Waals surface area (Å²) < 4.78 is 108. The molecule has 264 valence electrons. The average Bonchev–Trinajstić information content (AvgIpc) is 3.87. The van der Waals surface area contributed by atoms with Gasteiger partial charge in [-0.1, -0.05) is 108 Å². The van der Waals surface area contributed by atoms with Gasteiger partial charge in [0.2, 0.25) is 0 Å². The van der Waals surface area contributed by atoms with Crippen LogP contribution in [0.25, 0.3) is 83.4 Å². The molecule has 5 nitrogen and oxygen atoms in total. The number of rotatable bonds is 4. The Bertz CT molecular complexity index is 3700. The van der Waals surface area contributed by atoms with E-state index in [1.165, 1.54) is 12.3 Å². The molecule has 1 aliphatic heterocycles. The normalized spacial score (nSPS) is 14.7. The van der Waals surface area contributed by atoms with E-state index in [9.17, 15) is 5.48 Å². The van der Waals surface area contributed by atoms with Crippen LogP contribution in [-0.2, 0) is 21.1 Å².